The van der Waals surface area contributed by atoms with E-state index in [1.165, 1.54) is 23.2 Å². The van der Waals surface area contributed by atoms with Gasteiger partial charge in [0.25, 0.3) is 0 Å². The number of carboxylic acid groups (broad SMARTS) is 1. The molecule has 0 aliphatic carbocycles. The van der Waals surface area contributed by atoms with Crippen molar-refractivity contribution in [3.05, 3.63) is 73.5 Å². The summed E-state index contributed by atoms with van der Waals surface area (Å²) in [6, 6.07) is 4.07. The summed E-state index contributed by atoms with van der Waals surface area (Å²) in [6.45, 7) is 5.67. The van der Waals surface area contributed by atoms with Gasteiger partial charge in [-0.05, 0) is 53.6 Å². The second kappa shape index (κ2) is 10.8. The Morgan fingerprint density at radius 1 is 1.11 bits per heavy atom. The van der Waals surface area contributed by atoms with E-state index in [4.69, 9.17) is 11.6 Å². The van der Waals surface area contributed by atoms with Crippen LogP contribution in [0.5, 0.6) is 0 Å². The van der Waals surface area contributed by atoms with Crippen LogP contribution in [0.25, 0.3) is 10.9 Å². The predicted octanol–water partition coefficient (Wildman–Crippen LogP) is 5.10. The first-order valence-electron chi connectivity index (χ1n) is 12.5. The van der Waals surface area contributed by atoms with E-state index >= 15 is 4.39 Å². The topological polar surface area (TPSA) is 99.8 Å². The number of aliphatic hydroxyl groups is 1. The number of aliphatic hydroxyl groups excluding tert-OH is 1. The van der Waals surface area contributed by atoms with E-state index < -0.39 is 39.7 Å². The predicted molar refractivity (Wildman–Crippen MR) is 141 cm³/mol. The van der Waals surface area contributed by atoms with E-state index in [1.807, 2.05) is 20.8 Å². The van der Waals surface area contributed by atoms with E-state index in [2.05, 4.69) is 0 Å². The largest absolute Gasteiger partial charge is 0.477 e. The van der Waals surface area contributed by atoms with Crippen LogP contribution in [0.3, 0.4) is 0 Å². The summed E-state index contributed by atoms with van der Waals surface area (Å²) in [5.41, 5.74) is 0.557. The van der Waals surface area contributed by atoms with E-state index in [9.17, 15) is 29.0 Å². The minimum Gasteiger partial charge on any atom is -0.477 e. The molecule has 2 heterocycles. The van der Waals surface area contributed by atoms with Crippen molar-refractivity contribution in [1.82, 2.24) is 4.57 Å². The molecule has 38 heavy (non-hydrogen) atoms. The zero-order valence-corrected chi connectivity index (χ0v) is 22.1. The molecule has 7 nitrogen and oxygen atoms in total. The van der Waals surface area contributed by atoms with Crippen LogP contribution in [0.2, 0.25) is 5.02 Å². The molecule has 1 aromatic heterocycles. The second-order valence-corrected chi connectivity index (χ2v) is 10.3. The highest BCUT2D eigenvalue weighted by Crippen LogP contribution is 2.35. The van der Waals surface area contributed by atoms with Gasteiger partial charge in [-0.2, -0.15) is 0 Å². The van der Waals surface area contributed by atoms with Gasteiger partial charge in [-0.1, -0.05) is 32.4 Å². The van der Waals surface area contributed by atoms with Crippen LogP contribution in [0.15, 0.2) is 29.2 Å². The maximum atomic E-state index is 15.2. The number of aromatic nitrogens is 1. The van der Waals surface area contributed by atoms with E-state index in [0.717, 1.165) is 5.56 Å². The maximum absolute atomic E-state index is 15.2. The summed E-state index contributed by atoms with van der Waals surface area (Å²) < 4.78 is 31.6. The van der Waals surface area contributed by atoms with Gasteiger partial charge in [0.2, 0.25) is 11.3 Å². The fraction of sp³-hybridized carbons (Fsp3) is 0.393. The summed E-state index contributed by atoms with van der Waals surface area (Å²) in [5, 5.41) is 19.1. The molecule has 1 saturated heterocycles. The van der Waals surface area contributed by atoms with Gasteiger partial charge in [-0.3, -0.25) is 9.59 Å². The number of carbonyl (C=O) groups is 2. The minimum absolute atomic E-state index is 0.0466. The molecule has 1 fully saturated rings. The molecule has 0 radical (unpaired) electrons. The highest BCUT2D eigenvalue weighted by Gasteiger charge is 2.28. The Bertz CT molecular complexity index is 1500. The molecule has 2 N–H and O–H groups in total. The van der Waals surface area contributed by atoms with Crippen LogP contribution in [0, 0.1) is 17.6 Å². The van der Waals surface area contributed by atoms with Gasteiger partial charge in [0.05, 0.1) is 23.9 Å². The normalized spacial score (nSPS) is 14.6. The van der Waals surface area contributed by atoms with Gasteiger partial charge in [0.1, 0.15) is 16.4 Å². The molecule has 0 spiro atoms. The molecule has 10 heteroatoms. The zero-order valence-electron chi connectivity index (χ0n) is 21.4. The van der Waals surface area contributed by atoms with Crippen LogP contribution < -0.4 is 10.3 Å². The third kappa shape index (κ3) is 4.80. The molecule has 2 aromatic carbocycles. The summed E-state index contributed by atoms with van der Waals surface area (Å²) in [4.78, 5) is 38.6. The lowest BCUT2D eigenvalue weighted by Gasteiger charge is -2.25. The number of pyridine rings is 1. The monoisotopic (exact) mass is 546 g/mol. The van der Waals surface area contributed by atoms with Gasteiger partial charge < -0.3 is 19.7 Å². The minimum atomic E-state index is -1.40. The average molecular weight is 547 g/mol. The number of amides is 1. The van der Waals surface area contributed by atoms with E-state index in [1.54, 1.807) is 10.6 Å². The highest BCUT2D eigenvalue weighted by molar-refractivity contribution is 6.31. The number of fused-ring (bicyclic) bond motifs is 1. The van der Waals surface area contributed by atoms with Crippen LogP contribution in [0.1, 0.15) is 66.7 Å². The number of hydrogen-bond acceptors (Lipinski definition) is 4. The first kappa shape index (κ1) is 27.7. The molecular formula is C28H29ClF2N2O5. The number of carbonyl (C=O) groups excluding carboxylic acids is 1. The van der Waals surface area contributed by atoms with Crippen LogP contribution in [0.4, 0.5) is 14.5 Å². The van der Waals surface area contributed by atoms with Gasteiger partial charge >= 0.3 is 5.97 Å². The van der Waals surface area contributed by atoms with Crippen molar-refractivity contribution < 1.29 is 28.6 Å². The Balaban J connectivity index is 1.94. The third-order valence-corrected chi connectivity index (χ3v) is 7.56. The summed E-state index contributed by atoms with van der Waals surface area (Å²) in [6.07, 6.45) is 2.50. The van der Waals surface area contributed by atoms with Gasteiger partial charge in [0, 0.05) is 31.0 Å². The molecule has 0 bridgehead atoms. The molecule has 4 rings (SSSR count). The highest BCUT2D eigenvalue weighted by atomic mass is 35.5. The lowest BCUT2D eigenvalue weighted by atomic mass is 9.94. The molecule has 1 amide bonds. The summed E-state index contributed by atoms with van der Waals surface area (Å²) in [5.74, 6) is -3.71. The number of rotatable bonds is 8. The van der Waals surface area contributed by atoms with Crippen molar-refractivity contribution in [2.45, 2.75) is 52.5 Å². The first-order chi connectivity index (χ1) is 18.0. The molecule has 1 aliphatic heterocycles. The Labute approximate surface area is 223 Å². The number of carboxylic acids is 1. The Kier molecular flexibility index (Phi) is 7.90. The number of benzene rings is 2. The maximum Gasteiger partial charge on any atom is 0.341 e. The smallest absolute Gasteiger partial charge is 0.341 e. The van der Waals surface area contributed by atoms with Gasteiger partial charge in [-0.25, -0.2) is 13.6 Å². The van der Waals surface area contributed by atoms with Crippen molar-refractivity contribution in [3.8, 4) is 0 Å². The number of aromatic carboxylic acids is 1. The molecule has 0 saturated carbocycles. The molecule has 3 aromatic rings. The van der Waals surface area contributed by atoms with Gasteiger partial charge in [-0.15, -0.1) is 0 Å². The van der Waals surface area contributed by atoms with Gasteiger partial charge in [0.15, 0.2) is 5.82 Å². The fourth-order valence-electron chi connectivity index (χ4n) is 5.10. The van der Waals surface area contributed by atoms with Crippen LogP contribution in [-0.4, -0.2) is 39.8 Å². The average Bonchev–Trinajstić information content (AvgIpc) is 3.30. The lowest BCUT2D eigenvalue weighted by molar-refractivity contribution is -0.117. The fourth-order valence-corrected chi connectivity index (χ4v) is 5.32. The third-order valence-electron chi connectivity index (χ3n) is 7.23. The Morgan fingerprint density at radius 2 is 1.82 bits per heavy atom. The van der Waals surface area contributed by atoms with Crippen LogP contribution >= 0.6 is 11.6 Å². The van der Waals surface area contributed by atoms with Crippen molar-refractivity contribution >= 4 is 40.1 Å². The van der Waals surface area contributed by atoms with Crippen molar-refractivity contribution in [2.75, 3.05) is 18.1 Å². The molecule has 1 atom stereocenters. The molecule has 1 unspecified atom stereocenters. The number of anilines is 1. The number of aryl methyl sites for hydroxylation is 1. The Hall–Kier alpha value is -3.30. The van der Waals surface area contributed by atoms with Crippen molar-refractivity contribution in [2.24, 2.45) is 5.92 Å². The lowest BCUT2D eigenvalue weighted by Crippen LogP contribution is -2.26. The number of halogens is 3. The van der Waals surface area contributed by atoms with E-state index in [-0.39, 0.29) is 47.9 Å². The Morgan fingerprint density at radius 3 is 2.37 bits per heavy atom. The summed E-state index contributed by atoms with van der Waals surface area (Å²) in [7, 11) is 0. The summed E-state index contributed by atoms with van der Waals surface area (Å²) >= 11 is 6.00. The van der Waals surface area contributed by atoms with Crippen molar-refractivity contribution in [3.63, 3.8) is 0 Å². The molecule has 202 valence electrons. The molecule has 1 aliphatic rings. The first-order valence-corrected chi connectivity index (χ1v) is 12.9. The number of hydrogen-bond donors (Lipinski definition) is 2. The van der Waals surface area contributed by atoms with Crippen LogP contribution in [-0.2, 0) is 17.6 Å². The quantitative estimate of drug-likeness (QED) is 0.383. The standard InChI is InChI=1S/C28H29ClF2N2O5/c1-4-15-10-20-18(27(36)19(28(37)38)12-33(20)22(13-34)14(2)3)9-16(15)8-17-11-21(26(31)24(29)25(17)30)32-7-5-6-23(32)35/h9-12,14,22,34H,4-8,13H2,1-3H3,(H,37,38). The SMILES string of the molecule is CCc1cc2c(cc1Cc1cc(N3CCCC3=O)c(F)c(Cl)c1F)c(=O)c(C(=O)O)cn2C(CO)C(C)C. The second-order valence-electron chi connectivity index (χ2n) is 9.89. The number of nitrogens with zero attached hydrogens (tertiary/aromatic N) is 2. The van der Waals surface area contributed by atoms with Crippen molar-refractivity contribution in [1.29, 1.82) is 0 Å². The zero-order chi connectivity index (χ0) is 27.9. The molecular weight excluding hydrogens is 518 g/mol. The van der Waals surface area contributed by atoms with E-state index in [0.29, 0.717) is 30.5 Å².